The maximum atomic E-state index is 3.73. The van der Waals surface area contributed by atoms with Crippen LogP contribution in [0.5, 0.6) is 0 Å². The Morgan fingerprint density at radius 3 is 2.45 bits per heavy atom. The largest absolute Gasteiger partial charge is 0.313 e. The highest BCUT2D eigenvalue weighted by Gasteiger charge is 2.29. The number of rotatable bonds is 5. The summed E-state index contributed by atoms with van der Waals surface area (Å²) in [4.78, 5) is 2.61. The van der Waals surface area contributed by atoms with Crippen LogP contribution in [0.1, 0.15) is 43.6 Å². The first-order chi connectivity index (χ1) is 9.81. The van der Waals surface area contributed by atoms with Crippen LogP contribution in [0.4, 0.5) is 0 Å². The van der Waals surface area contributed by atoms with E-state index >= 15 is 0 Å². The molecule has 3 heteroatoms. The first-order valence-corrected chi connectivity index (χ1v) is 8.82. The lowest BCUT2D eigenvalue weighted by molar-refractivity contribution is 0.214. The Labute approximate surface area is 131 Å². The zero-order chi connectivity index (χ0) is 13.8. The zero-order valence-electron chi connectivity index (χ0n) is 12.2. The molecule has 2 nitrogen and oxygen atoms in total. The van der Waals surface area contributed by atoms with Gasteiger partial charge in [-0.1, -0.05) is 34.5 Å². The minimum Gasteiger partial charge on any atom is -0.313 e. The lowest BCUT2D eigenvalue weighted by Crippen LogP contribution is -2.44. The predicted octanol–water partition coefficient (Wildman–Crippen LogP) is 3.77. The van der Waals surface area contributed by atoms with Gasteiger partial charge in [0.15, 0.2) is 0 Å². The third-order valence-electron chi connectivity index (χ3n) is 4.79. The van der Waals surface area contributed by atoms with Crippen molar-refractivity contribution in [2.24, 2.45) is 0 Å². The van der Waals surface area contributed by atoms with Gasteiger partial charge in [0.2, 0.25) is 0 Å². The molecule has 1 saturated heterocycles. The van der Waals surface area contributed by atoms with Crippen LogP contribution in [-0.4, -0.2) is 37.1 Å². The van der Waals surface area contributed by atoms with Gasteiger partial charge in [-0.3, -0.25) is 0 Å². The van der Waals surface area contributed by atoms with Crippen LogP contribution in [0.2, 0.25) is 0 Å². The number of nitrogens with one attached hydrogen (secondary N) is 1. The van der Waals surface area contributed by atoms with Crippen molar-refractivity contribution in [3.05, 3.63) is 34.3 Å². The Hall–Kier alpha value is -0.380. The second kappa shape index (κ2) is 7.06. The topological polar surface area (TPSA) is 15.3 Å². The number of hydrogen-bond donors (Lipinski definition) is 1. The summed E-state index contributed by atoms with van der Waals surface area (Å²) in [5.74, 6) is 0.774. The van der Waals surface area contributed by atoms with Gasteiger partial charge < -0.3 is 10.2 Å². The molecule has 1 aliphatic carbocycles. The first-order valence-electron chi connectivity index (χ1n) is 8.02. The fourth-order valence-corrected chi connectivity index (χ4v) is 3.67. The monoisotopic (exact) mass is 336 g/mol. The van der Waals surface area contributed by atoms with E-state index in [-0.39, 0.29) is 0 Å². The fourth-order valence-electron chi connectivity index (χ4n) is 3.40. The van der Waals surface area contributed by atoms with E-state index in [9.17, 15) is 0 Å². The summed E-state index contributed by atoms with van der Waals surface area (Å²) in [5, 5.41) is 3.73. The Morgan fingerprint density at radius 2 is 1.75 bits per heavy atom. The second-order valence-electron chi connectivity index (χ2n) is 6.27. The van der Waals surface area contributed by atoms with Crippen molar-refractivity contribution >= 4 is 15.9 Å². The predicted molar refractivity (Wildman–Crippen MR) is 88.2 cm³/mol. The molecule has 0 atom stereocenters. The molecule has 1 N–H and O–H groups in total. The van der Waals surface area contributed by atoms with Crippen molar-refractivity contribution < 1.29 is 0 Å². The summed E-state index contributed by atoms with van der Waals surface area (Å²) in [6.07, 6.45) is 6.84. The van der Waals surface area contributed by atoms with Gasteiger partial charge in [-0.25, -0.2) is 0 Å². The van der Waals surface area contributed by atoms with Crippen molar-refractivity contribution in [1.82, 2.24) is 10.2 Å². The molecular weight excluding hydrogens is 312 g/mol. The van der Waals surface area contributed by atoms with Gasteiger partial charge in [0.25, 0.3) is 0 Å². The molecule has 2 fully saturated rings. The molecule has 1 aliphatic heterocycles. The lowest BCUT2D eigenvalue weighted by Gasteiger charge is -2.37. The van der Waals surface area contributed by atoms with Crippen molar-refractivity contribution in [2.75, 3.05) is 26.2 Å². The molecule has 0 bridgehead atoms. The molecule has 20 heavy (non-hydrogen) atoms. The molecule has 0 unspecified atom stereocenters. The minimum atomic E-state index is 0.744. The second-order valence-corrected chi connectivity index (χ2v) is 7.19. The van der Waals surface area contributed by atoms with Crippen LogP contribution < -0.4 is 5.32 Å². The summed E-state index contributed by atoms with van der Waals surface area (Å²) in [5.41, 5.74) is 1.50. The molecule has 1 saturated carbocycles. The molecular formula is C17H25BrN2. The van der Waals surface area contributed by atoms with E-state index in [1.165, 1.54) is 61.8 Å². The van der Waals surface area contributed by atoms with Gasteiger partial charge in [0, 0.05) is 23.6 Å². The molecule has 0 aromatic heterocycles. The number of hydrogen-bond acceptors (Lipinski definition) is 2. The van der Waals surface area contributed by atoms with E-state index in [4.69, 9.17) is 0 Å². The van der Waals surface area contributed by atoms with Gasteiger partial charge >= 0.3 is 0 Å². The van der Waals surface area contributed by atoms with E-state index in [2.05, 4.69) is 50.4 Å². The molecule has 0 spiro atoms. The SMILES string of the molecule is Brc1ccc(C2CC(NCCN3CCCCC3)C2)cc1. The number of likely N-dealkylation sites (tertiary alicyclic amines) is 1. The van der Waals surface area contributed by atoms with E-state index in [1.54, 1.807) is 0 Å². The van der Waals surface area contributed by atoms with Gasteiger partial charge in [0.05, 0.1) is 0 Å². The molecule has 3 rings (SSSR count). The van der Waals surface area contributed by atoms with Gasteiger partial charge in [-0.05, 0) is 62.4 Å². The van der Waals surface area contributed by atoms with Crippen LogP contribution >= 0.6 is 15.9 Å². The lowest BCUT2D eigenvalue weighted by atomic mass is 9.76. The molecule has 1 heterocycles. The molecule has 2 aliphatic rings. The van der Waals surface area contributed by atoms with Crippen molar-refractivity contribution in [2.45, 2.75) is 44.1 Å². The Balaban J connectivity index is 1.33. The molecule has 110 valence electrons. The zero-order valence-corrected chi connectivity index (χ0v) is 13.7. The van der Waals surface area contributed by atoms with Gasteiger partial charge in [0.1, 0.15) is 0 Å². The third kappa shape index (κ3) is 3.84. The standard InChI is InChI=1S/C17H25BrN2/c18-16-6-4-14(5-7-16)15-12-17(13-15)19-8-11-20-9-2-1-3-10-20/h4-7,15,17,19H,1-3,8-13H2. The smallest absolute Gasteiger partial charge is 0.0175 e. The quantitative estimate of drug-likeness (QED) is 0.880. The summed E-state index contributed by atoms with van der Waals surface area (Å²) < 4.78 is 1.18. The third-order valence-corrected chi connectivity index (χ3v) is 5.32. The van der Waals surface area contributed by atoms with E-state index < -0.39 is 0 Å². The Morgan fingerprint density at radius 1 is 1.05 bits per heavy atom. The van der Waals surface area contributed by atoms with Gasteiger partial charge in [-0.15, -0.1) is 0 Å². The maximum absolute atomic E-state index is 3.73. The summed E-state index contributed by atoms with van der Waals surface area (Å²) >= 11 is 3.50. The Kier molecular flexibility index (Phi) is 5.14. The Bertz CT molecular complexity index is 406. The van der Waals surface area contributed by atoms with E-state index in [0.717, 1.165) is 18.5 Å². The number of nitrogens with zero attached hydrogens (tertiary/aromatic N) is 1. The highest BCUT2D eigenvalue weighted by Crippen LogP contribution is 2.37. The number of halogens is 1. The molecule has 0 radical (unpaired) electrons. The van der Waals surface area contributed by atoms with Gasteiger partial charge in [-0.2, -0.15) is 0 Å². The van der Waals surface area contributed by atoms with Crippen LogP contribution in [-0.2, 0) is 0 Å². The van der Waals surface area contributed by atoms with Crippen LogP contribution in [0, 0.1) is 0 Å². The highest BCUT2D eigenvalue weighted by molar-refractivity contribution is 9.10. The van der Waals surface area contributed by atoms with Crippen LogP contribution in [0.3, 0.4) is 0 Å². The summed E-state index contributed by atoms with van der Waals surface area (Å²) in [7, 11) is 0. The highest BCUT2D eigenvalue weighted by atomic mass is 79.9. The molecule has 0 amide bonds. The average Bonchev–Trinajstić information content (AvgIpc) is 2.44. The van der Waals surface area contributed by atoms with E-state index in [0.29, 0.717) is 0 Å². The fraction of sp³-hybridized carbons (Fsp3) is 0.647. The van der Waals surface area contributed by atoms with Crippen LogP contribution in [0.15, 0.2) is 28.7 Å². The van der Waals surface area contributed by atoms with Crippen molar-refractivity contribution in [3.63, 3.8) is 0 Å². The minimum absolute atomic E-state index is 0.744. The average molecular weight is 337 g/mol. The van der Waals surface area contributed by atoms with Crippen LogP contribution in [0.25, 0.3) is 0 Å². The van der Waals surface area contributed by atoms with Crippen molar-refractivity contribution in [3.8, 4) is 0 Å². The molecule has 1 aromatic rings. The maximum Gasteiger partial charge on any atom is 0.0175 e. The number of piperidine rings is 1. The summed E-state index contributed by atoms with van der Waals surface area (Å²) in [6, 6.07) is 9.59. The summed E-state index contributed by atoms with van der Waals surface area (Å²) in [6.45, 7) is 5.03. The number of benzene rings is 1. The van der Waals surface area contributed by atoms with E-state index in [1.807, 2.05) is 0 Å². The first kappa shape index (κ1) is 14.6. The normalized spacial score (nSPS) is 27.2. The molecule has 1 aromatic carbocycles. The van der Waals surface area contributed by atoms with Crippen molar-refractivity contribution in [1.29, 1.82) is 0 Å².